The van der Waals surface area contributed by atoms with Crippen LogP contribution >= 0.6 is 73.9 Å². The second-order valence-electron chi connectivity index (χ2n) is 3.02. The summed E-state index contributed by atoms with van der Waals surface area (Å²) in [7, 11) is 0. The highest BCUT2D eigenvalue weighted by Gasteiger charge is 2.32. The molecule has 0 aliphatic heterocycles. The average Bonchev–Trinajstić information content (AvgIpc) is 2.26. The molecule has 3 nitrogen and oxygen atoms in total. The lowest BCUT2D eigenvalue weighted by molar-refractivity contribution is -0.117. The highest BCUT2D eigenvalue weighted by molar-refractivity contribution is 9.09. The van der Waals surface area contributed by atoms with Crippen LogP contribution in [-0.2, 0) is 4.79 Å². The van der Waals surface area contributed by atoms with Crippen LogP contribution in [0.25, 0.3) is 0 Å². The Hall–Kier alpha value is 0.420. The summed E-state index contributed by atoms with van der Waals surface area (Å²) in [4.78, 5) is 11.3. The van der Waals surface area contributed by atoms with Crippen LogP contribution in [-0.4, -0.2) is 15.6 Å². The van der Waals surface area contributed by atoms with Crippen molar-refractivity contribution in [3.63, 3.8) is 0 Å². The number of rotatable bonds is 4. The van der Waals surface area contributed by atoms with Crippen LogP contribution in [0.3, 0.4) is 0 Å². The van der Waals surface area contributed by atoms with E-state index in [1.165, 1.54) is 12.1 Å². The highest BCUT2D eigenvalue weighted by atomic mass is 79.9. The maximum Gasteiger partial charge on any atom is 0.287 e. The predicted octanol–water partition coefficient (Wildman–Crippen LogP) is 5.83. The molecule has 0 saturated heterocycles. The average molecular weight is 413 g/mol. The zero-order chi connectivity index (χ0) is 13.9. The fraction of sp³-hybridized carbons (Fsp3) is 0.222. The van der Waals surface area contributed by atoms with E-state index in [0.29, 0.717) is 5.02 Å². The Morgan fingerprint density at radius 3 is 2.17 bits per heavy atom. The third-order valence-corrected chi connectivity index (χ3v) is 3.59. The predicted molar refractivity (Wildman–Crippen MR) is 79.2 cm³/mol. The van der Waals surface area contributed by atoms with Gasteiger partial charge in [0.15, 0.2) is 0 Å². The van der Waals surface area contributed by atoms with Crippen molar-refractivity contribution in [1.29, 1.82) is 0 Å². The van der Waals surface area contributed by atoms with Gasteiger partial charge in [-0.3, -0.25) is 4.79 Å². The molecule has 0 fully saturated rings. The van der Waals surface area contributed by atoms with Gasteiger partial charge in [0.25, 0.3) is 4.46 Å². The minimum absolute atomic E-state index is 0.0545. The number of hydrogen-bond donors (Lipinski definition) is 0. The lowest BCUT2D eigenvalue weighted by atomic mass is 10.3. The molecule has 0 aliphatic carbocycles. The smallest absolute Gasteiger partial charge is 0.287 e. The Morgan fingerprint density at radius 1 is 1.22 bits per heavy atom. The quantitative estimate of drug-likeness (QED) is 0.348. The van der Waals surface area contributed by atoms with Crippen molar-refractivity contribution in [2.75, 3.05) is 5.33 Å². The number of nitrogens with zero attached hydrogens (tertiary/aromatic N) is 2. The molecular formula is C9H4BrCl5N2O. The summed E-state index contributed by atoms with van der Waals surface area (Å²) in [5.41, 5.74) is 0.135. The molecule has 0 N–H and O–H groups in total. The van der Waals surface area contributed by atoms with Crippen molar-refractivity contribution in [2.45, 2.75) is 4.46 Å². The molecule has 0 atom stereocenters. The van der Waals surface area contributed by atoms with Crippen LogP contribution in [0, 0.1) is 0 Å². The molecule has 1 aromatic carbocycles. The molecule has 0 aromatic heterocycles. The maximum atomic E-state index is 11.3. The van der Waals surface area contributed by atoms with Crippen LogP contribution < -0.4 is 0 Å². The molecule has 0 bridgehead atoms. The molecule has 18 heavy (non-hydrogen) atoms. The van der Waals surface area contributed by atoms with Gasteiger partial charge in [-0.15, -0.1) is 10.2 Å². The van der Waals surface area contributed by atoms with Crippen molar-refractivity contribution >= 4 is 85.4 Å². The molecule has 1 aromatic rings. The van der Waals surface area contributed by atoms with E-state index in [1.807, 2.05) is 0 Å². The van der Waals surface area contributed by atoms with Crippen LogP contribution in [0.4, 0.5) is 5.69 Å². The molecule has 0 unspecified atom stereocenters. The summed E-state index contributed by atoms with van der Waals surface area (Å²) in [5, 5.41) is 7.84. The number of ketones is 1. The van der Waals surface area contributed by atoms with Crippen LogP contribution in [0.15, 0.2) is 22.4 Å². The monoisotopic (exact) mass is 410 g/mol. The summed E-state index contributed by atoms with van der Waals surface area (Å²) in [5.74, 6) is -0.559. The first-order valence-electron chi connectivity index (χ1n) is 4.32. The van der Waals surface area contributed by atoms with Gasteiger partial charge in [0, 0.05) is 5.02 Å². The Labute approximate surface area is 137 Å². The van der Waals surface area contributed by atoms with E-state index in [9.17, 15) is 4.79 Å². The third kappa shape index (κ3) is 4.22. The van der Waals surface area contributed by atoms with E-state index >= 15 is 0 Å². The van der Waals surface area contributed by atoms with E-state index in [0.717, 1.165) is 0 Å². The number of halogens is 6. The molecular weight excluding hydrogens is 409 g/mol. The number of azo groups is 1. The number of alkyl halides is 3. The second-order valence-corrected chi connectivity index (χ2v) is 6.12. The molecule has 0 radical (unpaired) electrons. The zero-order valence-electron chi connectivity index (χ0n) is 8.43. The Balaban J connectivity index is 3.09. The van der Waals surface area contributed by atoms with Gasteiger partial charge in [0.2, 0.25) is 5.78 Å². The van der Waals surface area contributed by atoms with Crippen LogP contribution in [0.5, 0.6) is 0 Å². The van der Waals surface area contributed by atoms with E-state index in [2.05, 4.69) is 26.2 Å². The Kier molecular flexibility index (Phi) is 6.16. The summed E-state index contributed by atoms with van der Waals surface area (Å²) in [6, 6.07) is 2.86. The molecule has 0 amide bonds. The maximum absolute atomic E-state index is 11.3. The van der Waals surface area contributed by atoms with Gasteiger partial charge in [0.1, 0.15) is 5.69 Å². The van der Waals surface area contributed by atoms with Gasteiger partial charge in [-0.05, 0) is 12.1 Å². The van der Waals surface area contributed by atoms with Crippen molar-refractivity contribution < 1.29 is 4.79 Å². The summed E-state index contributed by atoms with van der Waals surface area (Å²) in [6.07, 6.45) is 0. The minimum Gasteiger partial charge on any atom is -0.293 e. The first kappa shape index (κ1) is 16.5. The van der Waals surface area contributed by atoms with Crippen molar-refractivity contribution in [2.24, 2.45) is 10.2 Å². The van der Waals surface area contributed by atoms with Gasteiger partial charge in [0.05, 0.1) is 15.4 Å². The standard InChI is InChI=1S/C9H4BrCl5N2O/c10-3-7(18)9(14,15)17-16-8-5(12)1-4(11)2-6(8)13/h1-2H,3H2. The van der Waals surface area contributed by atoms with Gasteiger partial charge in [-0.25, -0.2) is 0 Å². The lowest BCUT2D eigenvalue weighted by Gasteiger charge is -2.09. The van der Waals surface area contributed by atoms with E-state index in [-0.39, 0.29) is 21.1 Å². The largest absolute Gasteiger partial charge is 0.293 e. The summed E-state index contributed by atoms with van der Waals surface area (Å²) in [6.45, 7) is 0. The first-order valence-corrected chi connectivity index (χ1v) is 7.33. The normalized spacial score (nSPS) is 12.1. The number of carbonyl (C=O) groups is 1. The fourth-order valence-corrected chi connectivity index (χ4v) is 2.71. The Bertz CT molecular complexity index is 483. The van der Waals surface area contributed by atoms with Crippen molar-refractivity contribution in [3.05, 3.63) is 27.2 Å². The topological polar surface area (TPSA) is 41.8 Å². The molecule has 0 saturated carbocycles. The van der Waals surface area contributed by atoms with E-state index in [1.54, 1.807) is 0 Å². The van der Waals surface area contributed by atoms with Crippen LogP contribution in [0.1, 0.15) is 0 Å². The molecule has 0 heterocycles. The number of hydrogen-bond acceptors (Lipinski definition) is 3. The summed E-state index contributed by atoms with van der Waals surface area (Å²) >= 11 is 31.8. The summed E-state index contributed by atoms with van der Waals surface area (Å²) < 4.78 is -1.99. The van der Waals surface area contributed by atoms with Gasteiger partial charge in [-0.1, -0.05) is 73.9 Å². The van der Waals surface area contributed by atoms with Gasteiger partial charge in [-0.2, -0.15) is 0 Å². The second kappa shape index (κ2) is 6.73. The van der Waals surface area contributed by atoms with E-state index in [4.69, 9.17) is 58.0 Å². The molecule has 9 heteroatoms. The SMILES string of the molecule is O=C(CBr)C(Cl)(Cl)N=Nc1c(Cl)cc(Cl)cc1Cl. The molecule has 98 valence electrons. The molecule has 0 spiro atoms. The lowest BCUT2D eigenvalue weighted by Crippen LogP contribution is -2.23. The zero-order valence-corrected chi connectivity index (χ0v) is 13.8. The number of benzene rings is 1. The van der Waals surface area contributed by atoms with Crippen molar-refractivity contribution in [3.8, 4) is 0 Å². The van der Waals surface area contributed by atoms with Gasteiger partial charge >= 0.3 is 0 Å². The number of Topliss-reactive ketones (excluding diaryl/α,β-unsaturated/α-hetero) is 1. The molecule has 1 rings (SSSR count). The fourth-order valence-electron chi connectivity index (χ4n) is 0.879. The van der Waals surface area contributed by atoms with Crippen molar-refractivity contribution in [1.82, 2.24) is 0 Å². The molecule has 0 aliphatic rings. The van der Waals surface area contributed by atoms with E-state index < -0.39 is 10.2 Å². The number of carbonyl (C=O) groups excluding carboxylic acids is 1. The van der Waals surface area contributed by atoms with Crippen LogP contribution in [0.2, 0.25) is 15.1 Å². The Morgan fingerprint density at radius 2 is 1.72 bits per heavy atom. The minimum atomic E-state index is -1.99. The third-order valence-electron chi connectivity index (χ3n) is 1.71. The first-order chi connectivity index (χ1) is 8.27. The highest BCUT2D eigenvalue weighted by Crippen LogP contribution is 2.37. The van der Waals surface area contributed by atoms with Gasteiger partial charge < -0.3 is 0 Å².